The van der Waals surface area contributed by atoms with Crippen molar-refractivity contribution in [3.05, 3.63) is 6.42 Å². The predicted octanol–water partition coefficient (Wildman–Crippen LogP) is 3.67. The molecule has 1 fully saturated rings. The van der Waals surface area contributed by atoms with Gasteiger partial charge in [-0.15, -0.1) is 0 Å². The second-order valence-corrected chi connectivity index (χ2v) is 4.93. The van der Waals surface area contributed by atoms with Crippen molar-refractivity contribution in [3.8, 4) is 0 Å². The van der Waals surface area contributed by atoms with Gasteiger partial charge in [0.15, 0.2) is 0 Å². The van der Waals surface area contributed by atoms with Crippen molar-refractivity contribution in [2.45, 2.75) is 47.0 Å². The molecular formula is C11H21. The summed E-state index contributed by atoms with van der Waals surface area (Å²) >= 11 is 0. The molecule has 1 radical (unpaired) electrons. The summed E-state index contributed by atoms with van der Waals surface area (Å²) in [4.78, 5) is 0. The molecule has 65 valence electrons. The van der Waals surface area contributed by atoms with Crippen LogP contribution in [0.3, 0.4) is 0 Å². The standard InChI is InChI=1S/C11H21/c1-9-6-5-7-11(3,4)8-10(9)2/h7,9-10H,5-6,8H2,1-4H3. The van der Waals surface area contributed by atoms with Crippen LogP contribution in [-0.4, -0.2) is 0 Å². The van der Waals surface area contributed by atoms with Crippen LogP contribution in [0.2, 0.25) is 0 Å². The molecule has 0 heteroatoms. The van der Waals surface area contributed by atoms with Gasteiger partial charge in [0.25, 0.3) is 0 Å². The number of hydrogen-bond acceptors (Lipinski definition) is 0. The van der Waals surface area contributed by atoms with E-state index < -0.39 is 0 Å². The lowest BCUT2D eigenvalue weighted by molar-refractivity contribution is 0.286. The average Bonchev–Trinajstić information content (AvgIpc) is 1.93. The molecule has 1 aliphatic rings. The van der Waals surface area contributed by atoms with Crippen LogP contribution in [0.15, 0.2) is 0 Å². The first-order valence-electron chi connectivity index (χ1n) is 4.86. The largest absolute Gasteiger partial charge is 0.0623 e. The highest BCUT2D eigenvalue weighted by molar-refractivity contribution is 4.90. The lowest BCUT2D eigenvalue weighted by atomic mass is 9.80. The minimum absolute atomic E-state index is 0.490. The van der Waals surface area contributed by atoms with E-state index in [2.05, 4.69) is 34.1 Å². The van der Waals surface area contributed by atoms with E-state index >= 15 is 0 Å². The summed E-state index contributed by atoms with van der Waals surface area (Å²) in [5.41, 5.74) is 0.490. The molecule has 0 N–H and O–H groups in total. The number of hydrogen-bond donors (Lipinski definition) is 0. The molecule has 0 amide bonds. The highest BCUT2D eigenvalue weighted by Crippen LogP contribution is 2.38. The molecule has 0 aromatic rings. The Kier molecular flexibility index (Phi) is 2.61. The van der Waals surface area contributed by atoms with Crippen LogP contribution >= 0.6 is 0 Å². The third-order valence-electron chi connectivity index (χ3n) is 3.14. The Hall–Kier alpha value is 0. The zero-order chi connectivity index (χ0) is 8.48. The fourth-order valence-corrected chi connectivity index (χ4v) is 2.14. The van der Waals surface area contributed by atoms with Crippen molar-refractivity contribution in [2.75, 3.05) is 0 Å². The summed E-state index contributed by atoms with van der Waals surface area (Å²) < 4.78 is 0. The third-order valence-corrected chi connectivity index (χ3v) is 3.14. The Morgan fingerprint density at radius 2 is 1.82 bits per heavy atom. The molecule has 0 nitrogen and oxygen atoms in total. The van der Waals surface area contributed by atoms with Crippen LogP contribution in [0.5, 0.6) is 0 Å². The normalized spacial score (nSPS) is 38.2. The van der Waals surface area contributed by atoms with Gasteiger partial charge in [-0.25, -0.2) is 0 Å². The van der Waals surface area contributed by atoms with Crippen molar-refractivity contribution in [1.29, 1.82) is 0 Å². The van der Waals surface area contributed by atoms with Gasteiger partial charge >= 0.3 is 0 Å². The highest BCUT2D eigenvalue weighted by Gasteiger charge is 2.27. The van der Waals surface area contributed by atoms with Gasteiger partial charge in [0.2, 0.25) is 0 Å². The quantitative estimate of drug-likeness (QED) is 0.466. The van der Waals surface area contributed by atoms with Crippen LogP contribution in [0.4, 0.5) is 0 Å². The van der Waals surface area contributed by atoms with Gasteiger partial charge in [-0.2, -0.15) is 0 Å². The molecule has 0 aromatic carbocycles. The summed E-state index contributed by atoms with van der Waals surface area (Å²) in [5.74, 6) is 1.83. The summed E-state index contributed by atoms with van der Waals surface area (Å²) in [5, 5.41) is 0. The molecule has 1 saturated carbocycles. The second kappa shape index (κ2) is 3.16. The van der Waals surface area contributed by atoms with E-state index in [1.807, 2.05) is 0 Å². The topological polar surface area (TPSA) is 0 Å². The van der Waals surface area contributed by atoms with Gasteiger partial charge < -0.3 is 0 Å². The van der Waals surface area contributed by atoms with Gasteiger partial charge in [0.05, 0.1) is 0 Å². The first-order valence-corrected chi connectivity index (χ1v) is 4.86. The smallest absolute Gasteiger partial charge is 0.0320 e. The van der Waals surface area contributed by atoms with Gasteiger partial charge in [0, 0.05) is 0 Å². The molecule has 0 saturated heterocycles. The van der Waals surface area contributed by atoms with Crippen molar-refractivity contribution >= 4 is 0 Å². The molecule has 0 aliphatic heterocycles. The molecule has 0 spiro atoms. The highest BCUT2D eigenvalue weighted by atomic mass is 14.3. The first kappa shape index (κ1) is 9.09. The molecule has 11 heavy (non-hydrogen) atoms. The molecule has 0 bridgehead atoms. The minimum Gasteiger partial charge on any atom is -0.0623 e. The van der Waals surface area contributed by atoms with Crippen LogP contribution in [0.1, 0.15) is 47.0 Å². The summed E-state index contributed by atoms with van der Waals surface area (Å²) in [6.07, 6.45) is 6.59. The minimum atomic E-state index is 0.490. The van der Waals surface area contributed by atoms with Crippen molar-refractivity contribution in [1.82, 2.24) is 0 Å². The van der Waals surface area contributed by atoms with E-state index in [9.17, 15) is 0 Å². The summed E-state index contributed by atoms with van der Waals surface area (Å²) in [7, 11) is 0. The van der Waals surface area contributed by atoms with E-state index in [1.54, 1.807) is 0 Å². The maximum Gasteiger partial charge on any atom is -0.0320 e. The lowest BCUT2D eigenvalue weighted by Crippen LogP contribution is -2.15. The van der Waals surface area contributed by atoms with Crippen molar-refractivity contribution in [2.24, 2.45) is 17.3 Å². The Bertz CT molecular complexity index is 124. The maximum atomic E-state index is 2.51. The van der Waals surface area contributed by atoms with Crippen LogP contribution in [0, 0.1) is 23.7 Å². The van der Waals surface area contributed by atoms with Crippen molar-refractivity contribution < 1.29 is 0 Å². The zero-order valence-electron chi connectivity index (χ0n) is 8.35. The predicted molar refractivity (Wildman–Crippen MR) is 50.3 cm³/mol. The summed E-state index contributed by atoms with van der Waals surface area (Å²) in [6.45, 7) is 9.51. The summed E-state index contributed by atoms with van der Waals surface area (Å²) in [6, 6.07) is 0. The van der Waals surface area contributed by atoms with Crippen LogP contribution in [-0.2, 0) is 0 Å². The van der Waals surface area contributed by atoms with E-state index in [1.165, 1.54) is 19.3 Å². The fraction of sp³-hybridized carbons (Fsp3) is 0.909. The Morgan fingerprint density at radius 3 is 2.45 bits per heavy atom. The zero-order valence-corrected chi connectivity index (χ0v) is 8.35. The van der Waals surface area contributed by atoms with E-state index in [0.717, 1.165) is 11.8 Å². The molecule has 2 unspecified atom stereocenters. The Labute approximate surface area is 71.4 Å². The SMILES string of the molecule is CC1CC[CH]C(C)(C)CC1C. The second-order valence-electron chi connectivity index (χ2n) is 4.93. The lowest BCUT2D eigenvalue weighted by Gasteiger charge is -2.25. The van der Waals surface area contributed by atoms with Crippen LogP contribution in [0.25, 0.3) is 0 Å². The van der Waals surface area contributed by atoms with E-state index in [4.69, 9.17) is 0 Å². The third kappa shape index (κ3) is 2.50. The molecule has 1 rings (SSSR count). The molecule has 0 aromatic heterocycles. The fourth-order valence-electron chi connectivity index (χ4n) is 2.14. The van der Waals surface area contributed by atoms with E-state index in [-0.39, 0.29) is 0 Å². The maximum absolute atomic E-state index is 2.51. The van der Waals surface area contributed by atoms with Crippen molar-refractivity contribution in [3.63, 3.8) is 0 Å². The van der Waals surface area contributed by atoms with Gasteiger partial charge in [0.1, 0.15) is 0 Å². The molecular weight excluding hydrogens is 132 g/mol. The Morgan fingerprint density at radius 1 is 1.18 bits per heavy atom. The van der Waals surface area contributed by atoms with Crippen LogP contribution < -0.4 is 0 Å². The van der Waals surface area contributed by atoms with Gasteiger partial charge in [-0.3, -0.25) is 0 Å². The van der Waals surface area contributed by atoms with E-state index in [0.29, 0.717) is 5.41 Å². The average molecular weight is 153 g/mol. The van der Waals surface area contributed by atoms with Gasteiger partial charge in [-0.05, 0) is 36.5 Å². The molecule has 0 heterocycles. The molecule has 2 atom stereocenters. The monoisotopic (exact) mass is 153 g/mol. The number of rotatable bonds is 0. The molecule has 1 aliphatic carbocycles. The Balaban J connectivity index is 2.55. The first-order chi connectivity index (χ1) is 5.01. The van der Waals surface area contributed by atoms with Gasteiger partial charge in [-0.1, -0.05) is 34.1 Å².